The molecule has 0 aliphatic carbocycles. The first-order chi connectivity index (χ1) is 9.51. The average Bonchev–Trinajstić information content (AvgIpc) is 2.78. The third kappa shape index (κ3) is 3.38. The molecular weight excluding hydrogens is 268 g/mol. The minimum absolute atomic E-state index is 0.247. The summed E-state index contributed by atoms with van der Waals surface area (Å²) in [7, 11) is 1.69. The standard InChI is InChI=1S/C16H22N2OS/c1-10(14-6-8-15(19-5)9-7-14)17-11(2)16-12(3)20-13(4)18-16/h6-11,17H,1-5H3. The maximum absolute atomic E-state index is 5.19. The number of nitrogens with one attached hydrogen (secondary N) is 1. The summed E-state index contributed by atoms with van der Waals surface area (Å²) in [6.07, 6.45) is 0. The van der Waals surface area contributed by atoms with Crippen LogP contribution in [0.15, 0.2) is 24.3 Å². The fourth-order valence-corrected chi connectivity index (χ4v) is 3.30. The molecule has 20 heavy (non-hydrogen) atoms. The number of hydrogen-bond acceptors (Lipinski definition) is 4. The van der Waals surface area contributed by atoms with E-state index in [4.69, 9.17) is 4.74 Å². The van der Waals surface area contributed by atoms with Crippen LogP contribution in [0, 0.1) is 13.8 Å². The Morgan fingerprint density at radius 3 is 2.25 bits per heavy atom. The Hall–Kier alpha value is -1.39. The van der Waals surface area contributed by atoms with Crippen molar-refractivity contribution < 1.29 is 4.74 Å². The summed E-state index contributed by atoms with van der Waals surface area (Å²) in [5, 5.41) is 4.74. The van der Waals surface area contributed by atoms with Crippen LogP contribution < -0.4 is 10.1 Å². The van der Waals surface area contributed by atoms with Gasteiger partial charge < -0.3 is 10.1 Å². The van der Waals surface area contributed by atoms with Gasteiger partial charge in [0, 0.05) is 17.0 Å². The molecule has 2 atom stereocenters. The average molecular weight is 290 g/mol. The molecule has 0 saturated heterocycles. The Morgan fingerprint density at radius 1 is 1.10 bits per heavy atom. The first-order valence-electron chi connectivity index (χ1n) is 6.85. The van der Waals surface area contributed by atoms with Gasteiger partial charge in [-0.05, 0) is 45.4 Å². The predicted octanol–water partition coefficient (Wildman–Crippen LogP) is 4.18. The first-order valence-corrected chi connectivity index (χ1v) is 7.67. The third-order valence-electron chi connectivity index (χ3n) is 3.47. The van der Waals surface area contributed by atoms with Crippen LogP contribution in [0.5, 0.6) is 5.75 Å². The van der Waals surface area contributed by atoms with Crippen molar-refractivity contribution in [3.8, 4) is 5.75 Å². The zero-order valence-corrected chi connectivity index (χ0v) is 13.5. The molecule has 1 N–H and O–H groups in total. The lowest BCUT2D eigenvalue weighted by atomic mass is 10.1. The number of nitrogens with zero attached hydrogens (tertiary/aromatic N) is 1. The second-order valence-corrected chi connectivity index (χ2v) is 6.46. The summed E-state index contributed by atoms with van der Waals surface area (Å²) < 4.78 is 5.19. The number of thiazole rings is 1. The molecule has 1 aromatic carbocycles. The molecule has 2 aromatic rings. The van der Waals surface area contributed by atoms with E-state index in [1.165, 1.54) is 10.4 Å². The maximum atomic E-state index is 5.19. The van der Waals surface area contributed by atoms with Crippen LogP contribution in [0.4, 0.5) is 0 Å². The van der Waals surface area contributed by atoms with Crippen LogP contribution in [0.25, 0.3) is 0 Å². The highest BCUT2D eigenvalue weighted by atomic mass is 32.1. The smallest absolute Gasteiger partial charge is 0.118 e. The van der Waals surface area contributed by atoms with Gasteiger partial charge >= 0.3 is 0 Å². The highest BCUT2D eigenvalue weighted by molar-refractivity contribution is 7.11. The van der Waals surface area contributed by atoms with Crippen molar-refractivity contribution >= 4 is 11.3 Å². The van der Waals surface area contributed by atoms with E-state index in [0.717, 1.165) is 16.5 Å². The third-order valence-corrected chi connectivity index (χ3v) is 4.37. The summed E-state index contributed by atoms with van der Waals surface area (Å²) in [5.41, 5.74) is 2.41. The van der Waals surface area contributed by atoms with Crippen molar-refractivity contribution in [2.45, 2.75) is 39.8 Å². The number of methoxy groups -OCH3 is 1. The van der Waals surface area contributed by atoms with E-state index < -0.39 is 0 Å². The van der Waals surface area contributed by atoms with Gasteiger partial charge in [-0.1, -0.05) is 12.1 Å². The fourth-order valence-electron chi connectivity index (χ4n) is 2.39. The van der Waals surface area contributed by atoms with Crippen LogP contribution >= 0.6 is 11.3 Å². The topological polar surface area (TPSA) is 34.1 Å². The monoisotopic (exact) mass is 290 g/mol. The Bertz CT molecular complexity index is 562. The van der Waals surface area contributed by atoms with Gasteiger partial charge in [-0.15, -0.1) is 11.3 Å². The molecule has 1 heterocycles. The molecule has 108 valence electrons. The number of aryl methyl sites for hydroxylation is 2. The van der Waals surface area contributed by atoms with Crippen molar-refractivity contribution in [3.63, 3.8) is 0 Å². The van der Waals surface area contributed by atoms with Gasteiger partial charge in [0.1, 0.15) is 5.75 Å². The van der Waals surface area contributed by atoms with Crippen molar-refractivity contribution in [1.29, 1.82) is 0 Å². The Kier molecular flexibility index (Phi) is 4.78. The van der Waals surface area contributed by atoms with E-state index in [9.17, 15) is 0 Å². The van der Waals surface area contributed by atoms with Gasteiger partial charge in [-0.2, -0.15) is 0 Å². The predicted molar refractivity (Wildman–Crippen MR) is 84.5 cm³/mol. The Morgan fingerprint density at radius 2 is 1.75 bits per heavy atom. The number of hydrogen-bond donors (Lipinski definition) is 1. The normalized spacial score (nSPS) is 14.1. The van der Waals surface area contributed by atoms with E-state index in [-0.39, 0.29) is 12.1 Å². The van der Waals surface area contributed by atoms with Crippen LogP contribution in [0.3, 0.4) is 0 Å². The van der Waals surface area contributed by atoms with Crippen LogP contribution in [-0.2, 0) is 0 Å². The first kappa shape index (κ1) is 15.0. The second kappa shape index (κ2) is 6.37. The highest BCUT2D eigenvalue weighted by Gasteiger charge is 2.16. The molecule has 0 saturated carbocycles. The number of rotatable bonds is 5. The zero-order chi connectivity index (χ0) is 14.7. The van der Waals surface area contributed by atoms with Gasteiger partial charge in [0.25, 0.3) is 0 Å². The summed E-state index contributed by atoms with van der Waals surface area (Å²) in [6.45, 7) is 8.53. The van der Waals surface area contributed by atoms with Crippen LogP contribution in [-0.4, -0.2) is 12.1 Å². The molecule has 0 aliphatic rings. The zero-order valence-electron chi connectivity index (χ0n) is 12.7. The Labute approximate surface area is 125 Å². The highest BCUT2D eigenvalue weighted by Crippen LogP contribution is 2.25. The number of aromatic nitrogens is 1. The van der Waals surface area contributed by atoms with E-state index in [1.807, 2.05) is 12.1 Å². The molecule has 2 rings (SSSR count). The lowest BCUT2D eigenvalue weighted by Gasteiger charge is -2.20. The van der Waals surface area contributed by atoms with Gasteiger partial charge in [0.2, 0.25) is 0 Å². The van der Waals surface area contributed by atoms with E-state index in [1.54, 1.807) is 18.4 Å². The molecule has 1 aromatic heterocycles. The SMILES string of the molecule is COc1ccc(C(C)NC(C)c2nc(C)sc2C)cc1. The molecule has 4 heteroatoms. The minimum atomic E-state index is 0.247. The molecule has 0 fully saturated rings. The van der Waals surface area contributed by atoms with Gasteiger partial charge in [-0.25, -0.2) is 4.98 Å². The summed E-state index contributed by atoms with van der Waals surface area (Å²) >= 11 is 1.76. The molecule has 0 amide bonds. The van der Waals surface area contributed by atoms with Crippen LogP contribution in [0.1, 0.15) is 47.1 Å². The molecule has 0 bridgehead atoms. The Balaban J connectivity index is 2.06. The summed E-state index contributed by atoms with van der Waals surface area (Å²) in [4.78, 5) is 5.92. The van der Waals surface area contributed by atoms with Crippen molar-refractivity contribution in [2.24, 2.45) is 0 Å². The fraction of sp³-hybridized carbons (Fsp3) is 0.438. The minimum Gasteiger partial charge on any atom is -0.497 e. The molecule has 0 spiro atoms. The molecule has 3 nitrogen and oxygen atoms in total. The number of ether oxygens (including phenoxy) is 1. The summed E-state index contributed by atoms with van der Waals surface area (Å²) in [5.74, 6) is 0.889. The van der Waals surface area contributed by atoms with Crippen molar-refractivity contribution in [1.82, 2.24) is 10.3 Å². The summed E-state index contributed by atoms with van der Waals surface area (Å²) in [6, 6.07) is 8.71. The molecule has 0 radical (unpaired) electrons. The van der Waals surface area contributed by atoms with E-state index in [2.05, 4.69) is 50.1 Å². The van der Waals surface area contributed by atoms with E-state index in [0.29, 0.717) is 0 Å². The lowest BCUT2D eigenvalue weighted by molar-refractivity contribution is 0.414. The molecule has 0 aliphatic heterocycles. The molecular formula is C16H22N2OS. The van der Waals surface area contributed by atoms with Gasteiger partial charge in [0.05, 0.1) is 17.8 Å². The quantitative estimate of drug-likeness (QED) is 0.897. The van der Waals surface area contributed by atoms with Crippen molar-refractivity contribution in [3.05, 3.63) is 45.4 Å². The van der Waals surface area contributed by atoms with Crippen molar-refractivity contribution in [2.75, 3.05) is 7.11 Å². The number of benzene rings is 1. The largest absolute Gasteiger partial charge is 0.497 e. The lowest BCUT2D eigenvalue weighted by Crippen LogP contribution is -2.23. The second-order valence-electron chi connectivity index (χ2n) is 5.06. The maximum Gasteiger partial charge on any atom is 0.118 e. The van der Waals surface area contributed by atoms with Gasteiger partial charge in [-0.3, -0.25) is 0 Å². The van der Waals surface area contributed by atoms with Gasteiger partial charge in [0.15, 0.2) is 0 Å². The molecule has 2 unspecified atom stereocenters. The van der Waals surface area contributed by atoms with E-state index >= 15 is 0 Å². The van der Waals surface area contributed by atoms with Crippen LogP contribution in [0.2, 0.25) is 0 Å².